The van der Waals surface area contributed by atoms with Crippen molar-refractivity contribution < 1.29 is 23.4 Å². The standard InChI is InChI=1S/C22H29FN4O4/c23-17-10-24-7-5-15(17)6-8-26-22(29)31-21-18(27-11-19(21)28)9-14-1-3-16(4-2-14)20-12-25-13-30-20/h1-4,12-13,15,17-19,21,24,27-28H,5-11H2,(H,26,29)/t15-,17-,18-,19+,21+/m1/s1. The van der Waals surface area contributed by atoms with Gasteiger partial charge in [-0.15, -0.1) is 0 Å². The fourth-order valence-electron chi connectivity index (χ4n) is 4.26. The lowest BCUT2D eigenvalue weighted by molar-refractivity contribution is 0.0187. The fraction of sp³-hybridized carbons (Fsp3) is 0.545. The average Bonchev–Trinajstić information content (AvgIpc) is 3.42. The molecule has 2 aromatic rings. The highest BCUT2D eigenvalue weighted by Gasteiger charge is 2.37. The summed E-state index contributed by atoms with van der Waals surface area (Å²) in [6.07, 6.45) is 2.10. The number of β-amino-alcohol motifs (C(OH)–C–C–N with tert-alkyl or cyclic N) is 1. The van der Waals surface area contributed by atoms with E-state index in [1.165, 1.54) is 6.39 Å². The normalized spacial score (nSPS) is 28.4. The SMILES string of the molecule is O=C(NCC[C@H]1CCNC[C@H]1F)O[C@@H]1[C@@H](O)CN[C@@H]1Cc1ccc(-c2cnco2)cc1. The third-order valence-corrected chi connectivity index (χ3v) is 6.06. The number of amides is 1. The minimum Gasteiger partial charge on any atom is -0.444 e. The Bertz CT molecular complexity index is 833. The van der Waals surface area contributed by atoms with Crippen molar-refractivity contribution in [1.82, 2.24) is 20.9 Å². The van der Waals surface area contributed by atoms with E-state index in [0.29, 0.717) is 38.2 Å². The van der Waals surface area contributed by atoms with E-state index < -0.39 is 24.5 Å². The zero-order valence-corrected chi connectivity index (χ0v) is 17.3. The topological polar surface area (TPSA) is 109 Å². The van der Waals surface area contributed by atoms with Crippen LogP contribution in [0.3, 0.4) is 0 Å². The Morgan fingerprint density at radius 1 is 1.32 bits per heavy atom. The number of rotatable bonds is 7. The molecule has 0 unspecified atom stereocenters. The fourth-order valence-corrected chi connectivity index (χ4v) is 4.26. The monoisotopic (exact) mass is 432 g/mol. The van der Waals surface area contributed by atoms with Gasteiger partial charge >= 0.3 is 6.09 Å². The highest BCUT2D eigenvalue weighted by atomic mass is 19.1. The summed E-state index contributed by atoms with van der Waals surface area (Å²) in [7, 11) is 0. The lowest BCUT2D eigenvalue weighted by Gasteiger charge is -2.27. The zero-order valence-electron chi connectivity index (χ0n) is 17.3. The number of aliphatic hydroxyl groups excluding tert-OH is 1. The number of piperidine rings is 1. The Morgan fingerprint density at radius 2 is 2.16 bits per heavy atom. The highest BCUT2D eigenvalue weighted by molar-refractivity contribution is 5.67. The van der Waals surface area contributed by atoms with Crippen LogP contribution < -0.4 is 16.0 Å². The summed E-state index contributed by atoms with van der Waals surface area (Å²) in [5, 5.41) is 19.2. The minimum atomic E-state index is -0.882. The van der Waals surface area contributed by atoms with Gasteiger partial charge in [-0.2, -0.15) is 0 Å². The minimum absolute atomic E-state index is 0.0482. The number of halogens is 1. The Morgan fingerprint density at radius 3 is 2.90 bits per heavy atom. The molecule has 2 aliphatic rings. The van der Waals surface area contributed by atoms with Crippen molar-refractivity contribution in [2.45, 2.75) is 43.7 Å². The molecule has 1 aromatic carbocycles. The van der Waals surface area contributed by atoms with Crippen LogP contribution in [0.15, 0.2) is 41.3 Å². The predicted molar refractivity (Wildman–Crippen MR) is 112 cm³/mol. The summed E-state index contributed by atoms with van der Waals surface area (Å²) >= 11 is 0. The maximum Gasteiger partial charge on any atom is 0.407 e. The number of carbonyl (C=O) groups is 1. The van der Waals surface area contributed by atoms with Crippen molar-refractivity contribution in [2.24, 2.45) is 5.92 Å². The van der Waals surface area contributed by atoms with Crippen LogP contribution in [-0.2, 0) is 11.2 Å². The second-order valence-corrected chi connectivity index (χ2v) is 8.20. The molecule has 4 N–H and O–H groups in total. The van der Waals surface area contributed by atoms with Gasteiger partial charge < -0.3 is 30.2 Å². The number of nitrogens with zero attached hydrogens (tertiary/aromatic N) is 1. The molecule has 1 amide bonds. The van der Waals surface area contributed by atoms with Gasteiger partial charge in [-0.1, -0.05) is 24.3 Å². The average molecular weight is 432 g/mol. The number of hydrogen-bond donors (Lipinski definition) is 4. The van der Waals surface area contributed by atoms with Gasteiger partial charge in [-0.25, -0.2) is 14.2 Å². The van der Waals surface area contributed by atoms with Crippen LogP contribution in [-0.4, -0.2) is 66.8 Å². The largest absolute Gasteiger partial charge is 0.444 e. The van der Waals surface area contributed by atoms with Crippen molar-refractivity contribution in [3.8, 4) is 11.3 Å². The number of alkyl halides is 1. The van der Waals surface area contributed by atoms with Crippen LogP contribution in [0.2, 0.25) is 0 Å². The number of aromatic nitrogens is 1. The van der Waals surface area contributed by atoms with Crippen molar-refractivity contribution in [3.05, 3.63) is 42.4 Å². The molecular weight excluding hydrogens is 403 g/mol. The van der Waals surface area contributed by atoms with Crippen LogP contribution in [0.1, 0.15) is 18.4 Å². The van der Waals surface area contributed by atoms with Gasteiger partial charge in [0.25, 0.3) is 0 Å². The quantitative estimate of drug-likeness (QED) is 0.527. The third-order valence-electron chi connectivity index (χ3n) is 6.06. The summed E-state index contributed by atoms with van der Waals surface area (Å²) in [5.74, 6) is 0.649. The molecule has 0 radical (unpaired) electrons. The van der Waals surface area contributed by atoms with E-state index in [2.05, 4.69) is 20.9 Å². The molecule has 3 heterocycles. The molecular formula is C22H29FN4O4. The number of oxazole rings is 1. The molecule has 168 valence electrons. The van der Waals surface area contributed by atoms with Gasteiger partial charge in [-0.3, -0.25) is 0 Å². The zero-order chi connectivity index (χ0) is 21.6. The van der Waals surface area contributed by atoms with Gasteiger partial charge in [0.2, 0.25) is 0 Å². The Hall–Kier alpha value is -2.49. The predicted octanol–water partition coefficient (Wildman–Crippen LogP) is 1.65. The summed E-state index contributed by atoms with van der Waals surface area (Å²) in [4.78, 5) is 16.2. The number of carbonyl (C=O) groups excluding carboxylic acids is 1. The first-order valence-electron chi connectivity index (χ1n) is 10.8. The van der Waals surface area contributed by atoms with Crippen molar-refractivity contribution in [3.63, 3.8) is 0 Å². The van der Waals surface area contributed by atoms with Crippen LogP contribution in [0.4, 0.5) is 9.18 Å². The second-order valence-electron chi connectivity index (χ2n) is 8.20. The van der Waals surface area contributed by atoms with Crippen molar-refractivity contribution in [2.75, 3.05) is 26.2 Å². The second kappa shape index (κ2) is 10.2. The summed E-state index contributed by atoms with van der Waals surface area (Å²) in [6, 6.07) is 7.66. The number of alkyl carbamates (subject to hydrolysis) is 1. The molecule has 9 heteroatoms. The number of nitrogens with one attached hydrogen (secondary N) is 3. The summed E-state index contributed by atoms with van der Waals surface area (Å²) < 4.78 is 24.7. The first-order chi connectivity index (χ1) is 15.1. The first-order valence-corrected chi connectivity index (χ1v) is 10.8. The van der Waals surface area contributed by atoms with Gasteiger partial charge in [0.1, 0.15) is 18.4 Å². The molecule has 0 spiro atoms. The lowest BCUT2D eigenvalue weighted by Crippen LogP contribution is -2.42. The van der Waals surface area contributed by atoms with E-state index in [-0.39, 0.29) is 12.0 Å². The number of hydrogen-bond acceptors (Lipinski definition) is 7. The lowest BCUT2D eigenvalue weighted by atomic mass is 9.93. The molecule has 31 heavy (non-hydrogen) atoms. The molecule has 2 fully saturated rings. The van der Waals surface area contributed by atoms with Crippen LogP contribution in [0.25, 0.3) is 11.3 Å². The van der Waals surface area contributed by atoms with Crippen LogP contribution in [0.5, 0.6) is 0 Å². The van der Waals surface area contributed by atoms with Gasteiger partial charge in [0.15, 0.2) is 12.2 Å². The first kappa shape index (κ1) is 21.7. The van der Waals surface area contributed by atoms with E-state index in [9.17, 15) is 14.3 Å². The number of aliphatic hydroxyl groups is 1. The smallest absolute Gasteiger partial charge is 0.407 e. The van der Waals surface area contributed by atoms with E-state index in [1.807, 2.05) is 24.3 Å². The van der Waals surface area contributed by atoms with Crippen molar-refractivity contribution in [1.29, 1.82) is 0 Å². The molecule has 5 atom stereocenters. The molecule has 8 nitrogen and oxygen atoms in total. The van der Waals surface area contributed by atoms with Gasteiger partial charge in [-0.05, 0) is 37.3 Å². The maximum absolute atomic E-state index is 13.9. The van der Waals surface area contributed by atoms with Crippen molar-refractivity contribution >= 4 is 6.09 Å². The number of ether oxygens (including phenoxy) is 1. The number of benzene rings is 1. The maximum atomic E-state index is 13.9. The molecule has 4 rings (SSSR count). The Labute approximate surface area is 180 Å². The van der Waals surface area contributed by atoms with Crippen LogP contribution >= 0.6 is 0 Å². The molecule has 1 aromatic heterocycles. The Kier molecular flexibility index (Phi) is 7.16. The van der Waals surface area contributed by atoms with Gasteiger partial charge in [0, 0.05) is 25.2 Å². The molecule has 0 bridgehead atoms. The summed E-state index contributed by atoms with van der Waals surface area (Å²) in [5.41, 5.74) is 1.97. The molecule has 2 saturated heterocycles. The van der Waals surface area contributed by atoms with E-state index in [1.54, 1.807) is 6.20 Å². The van der Waals surface area contributed by atoms with E-state index in [4.69, 9.17) is 9.15 Å². The van der Waals surface area contributed by atoms with E-state index >= 15 is 0 Å². The molecule has 0 aliphatic carbocycles. The molecule has 2 aliphatic heterocycles. The van der Waals surface area contributed by atoms with Gasteiger partial charge in [0.05, 0.1) is 12.2 Å². The van der Waals surface area contributed by atoms with E-state index in [0.717, 1.165) is 24.1 Å². The highest BCUT2D eigenvalue weighted by Crippen LogP contribution is 2.22. The van der Waals surface area contributed by atoms with Crippen LogP contribution in [0, 0.1) is 5.92 Å². The third kappa shape index (κ3) is 5.61. The molecule has 0 saturated carbocycles. The summed E-state index contributed by atoms with van der Waals surface area (Å²) in [6.45, 7) is 1.89. The Balaban J connectivity index is 1.26.